The van der Waals surface area contributed by atoms with E-state index in [2.05, 4.69) is 40.1 Å². The summed E-state index contributed by atoms with van der Waals surface area (Å²) in [5.74, 6) is 1.34. The maximum Gasteiger partial charge on any atom is 0.190 e. The van der Waals surface area contributed by atoms with Crippen LogP contribution in [0.1, 0.15) is 37.0 Å². The van der Waals surface area contributed by atoms with Crippen LogP contribution in [0.3, 0.4) is 0 Å². The fourth-order valence-electron chi connectivity index (χ4n) is 2.51. The second-order valence-electron chi connectivity index (χ2n) is 5.86. The van der Waals surface area contributed by atoms with Crippen LogP contribution in [0.25, 0.3) is 0 Å². The van der Waals surface area contributed by atoms with Gasteiger partial charge in [-0.15, -0.1) is 35.3 Å². The molecule has 2 unspecified atom stereocenters. The van der Waals surface area contributed by atoms with Gasteiger partial charge in [-0.2, -0.15) is 0 Å². The summed E-state index contributed by atoms with van der Waals surface area (Å²) in [5.41, 5.74) is 0. The number of nitrogens with zero attached hydrogens (tertiary/aromatic N) is 1. The first-order valence-electron chi connectivity index (χ1n) is 8.47. The molecule has 1 saturated heterocycles. The lowest BCUT2D eigenvalue weighted by molar-refractivity contribution is 0.0168. The molecule has 2 rings (SSSR count). The molecule has 1 aromatic rings. The fraction of sp³-hybridized carbons (Fsp3) is 0.706. The van der Waals surface area contributed by atoms with Gasteiger partial charge in [-0.3, -0.25) is 4.99 Å². The lowest BCUT2D eigenvalue weighted by atomic mass is 10.1. The third-order valence-electron chi connectivity index (χ3n) is 3.91. The van der Waals surface area contributed by atoms with Gasteiger partial charge in [0, 0.05) is 44.1 Å². The van der Waals surface area contributed by atoms with E-state index in [1.807, 2.05) is 0 Å². The average Bonchev–Trinajstić information content (AvgIpc) is 3.26. The highest BCUT2D eigenvalue weighted by Crippen LogP contribution is 2.19. The summed E-state index contributed by atoms with van der Waals surface area (Å²) in [6, 6.07) is 4.28. The summed E-state index contributed by atoms with van der Waals surface area (Å²) >= 11 is 1.80. The second kappa shape index (κ2) is 12.9. The van der Waals surface area contributed by atoms with Crippen LogP contribution in [-0.2, 0) is 9.47 Å². The molecule has 0 radical (unpaired) electrons. The van der Waals surface area contributed by atoms with Crippen LogP contribution in [0.2, 0.25) is 0 Å². The molecule has 1 aliphatic heterocycles. The van der Waals surface area contributed by atoms with Gasteiger partial charge in [0.1, 0.15) is 0 Å². The van der Waals surface area contributed by atoms with Crippen molar-refractivity contribution in [3.63, 3.8) is 0 Å². The van der Waals surface area contributed by atoms with Gasteiger partial charge in [-0.1, -0.05) is 13.0 Å². The van der Waals surface area contributed by atoms with E-state index in [0.717, 1.165) is 51.7 Å². The summed E-state index contributed by atoms with van der Waals surface area (Å²) < 4.78 is 11.2. The summed E-state index contributed by atoms with van der Waals surface area (Å²) in [6.45, 7) is 6.35. The normalized spacial score (nSPS) is 18.9. The van der Waals surface area contributed by atoms with Gasteiger partial charge in [0.05, 0.1) is 12.7 Å². The average molecular weight is 467 g/mol. The maximum atomic E-state index is 5.66. The van der Waals surface area contributed by atoms with Gasteiger partial charge in [0.25, 0.3) is 0 Å². The van der Waals surface area contributed by atoms with Gasteiger partial charge in [0.2, 0.25) is 0 Å². The smallest absolute Gasteiger partial charge is 0.190 e. The number of hydrogen-bond donors (Lipinski definition) is 2. The molecule has 0 aromatic carbocycles. The van der Waals surface area contributed by atoms with Crippen molar-refractivity contribution in [1.29, 1.82) is 0 Å². The predicted molar refractivity (Wildman–Crippen MR) is 112 cm³/mol. The van der Waals surface area contributed by atoms with Gasteiger partial charge < -0.3 is 20.1 Å². The molecule has 2 N–H and O–H groups in total. The molecule has 138 valence electrons. The number of aliphatic imine (C=N–C) groups is 1. The van der Waals surface area contributed by atoms with Crippen LogP contribution in [0.5, 0.6) is 0 Å². The molecule has 0 spiro atoms. The Morgan fingerprint density at radius 1 is 1.50 bits per heavy atom. The highest BCUT2D eigenvalue weighted by molar-refractivity contribution is 14.0. The molecule has 1 fully saturated rings. The van der Waals surface area contributed by atoms with Gasteiger partial charge in [-0.25, -0.2) is 0 Å². The van der Waals surface area contributed by atoms with Crippen molar-refractivity contribution in [1.82, 2.24) is 10.6 Å². The summed E-state index contributed by atoms with van der Waals surface area (Å²) in [4.78, 5) is 5.66. The van der Waals surface area contributed by atoms with Crippen LogP contribution in [-0.4, -0.2) is 52.0 Å². The number of thiophene rings is 1. The van der Waals surface area contributed by atoms with Crippen LogP contribution >= 0.6 is 35.3 Å². The number of nitrogens with one attached hydrogen (secondary N) is 2. The first-order chi connectivity index (χ1) is 11.3. The van der Waals surface area contributed by atoms with Crippen molar-refractivity contribution in [3.8, 4) is 0 Å². The van der Waals surface area contributed by atoms with Crippen molar-refractivity contribution in [2.45, 2.75) is 38.2 Å². The number of halogens is 1. The van der Waals surface area contributed by atoms with Crippen molar-refractivity contribution in [2.24, 2.45) is 4.99 Å². The SMILES string of the molecule is CN=C(NCCCOCC1CCCO1)NCC(C)c1cccs1.I. The van der Waals surface area contributed by atoms with Crippen LogP contribution in [0, 0.1) is 0 Å². The zero-order valence-electron chi connectivity index (χ0n) is 14.6. The van der Waals surface area contributed by atoms with Crippen molar-refractivity contribution >= 4 is 41.3 Å². The van der Waals surface area contributed by atoms with E-state index < -0.39 is 0 Å². The van der Waals surface area contributed by atoms with E-state index in [0.29, 0.717) is 12.0 Å². The van der Waals surface area contributed by atoms with Crippen LogP contribution in [0.15, 0.2) is 22.5 Å². The van der Waals surface area contributed by atoms with Crippen LogP contribution in [0.4, 0.5) is 0 Å². The topological polar surface area (TPSA) is 54.9 Å². The van der Waals surface area contributed by atoms with E-state index in [9.17, 15) is 0 Å². The van der Waals surface area contributed by atoms with E-state index in [1.54, 1.807) is 18.4 Å². The largest absolute Gasteiger partial charge is 0.379 e. The molecule has 0 bridgehead atoms. The highest BCUT2D eigenvalue weighted by atomic mass is 127. The molecule has 2 atom stereocenters. The summed E-state index contributed by atoms with van der Waals surface area (Å²) in [6.07, 6.45) is 3.59. The van der Waals surface area contributed by atoms with E-state index >= 15 is 0 Å². The lowest BCUT2D eigenvalue weighted by Crippen LogP contribution is -2.39. The van der Waals surface area contributed by atoms with Crippen LogP contribution < -0.4 is 10.6 Å². The molecular formula is C17H30IN3O2S. The minimum atomic E-state index is 0. The number of rotatable bonds is 9. The zero-order valence-corrected chi connectivity index (χ0v) is 17.8. The summed E-state index contributed by atoms with van der Waals surface area (Å²) in [5, 5.41) is 8.83. The third-order valence-corrected chi connectivity index (χ3v) is 5.02. The first kappa shape index (κ1) is 21.7. The molecule has 0 amide bonds. The predicted octanol–water partition coefficient (Wildman–Crippen LogP) is 3.22. The minimum Gasteiger partial charge on any atom is -0.379 e. The number of ether oxygens (including phenoxy) is 2. The van der Waals surface area contributed by atoms with Gasteiger partial charge >= 0.3 is 0 Å². The molecule has 0 saturated carbocycles. The van der Waals surface area contributed by atoms with E-state index in [1.165, 1.54) is 11.3 Å². The maximum absolute atomic E-state index is 5.66. The Labute approximate surface area is 166 Å². The molecule has 7 heteroatoms. The number of guanidine groups is 1. The quantitative estimate of drug-likeness (QED) is 0.254. The molecule has 5 nitrogen and oxygen atoms in total. The number of hydrogen-bond acceptors (Lipinski definition) is 4. The summed E-state index contributed by atoms with van der Waals surface area (Å²) in [7, 11) is 1.80. The van der Waals surface area contributed by atoms with E-state index in [4.69, 9.17) is 9.47 Å². The van der Waals surface area contributed by atoms with E-state index in [-0.39, 0.29) is 24.0 Å². The Balaban J connectivity index is 0.00000288. The second-order valence-corrected chi connectivity index (χ2v) is 6.84. The van der Waals surface area contributed by atoms with Gasteiger partial charge in [0.15, 0.2) is 5.96 Å². The molecular weight excluding hydrogens is 437 g/mol. The lowest BCUT2D eigenvalue weighted by Gasteiger charge is -2.15. The Hall–Kier alpha value is -0.380. The Bertz CT molecular complexity index is 451. The molecule has 2 heterocycles. The minimum absolute atomic E-state index is 0. The fourth-order valence-corrected chi connectivity index (χ4v) is 3.30. The first-order valence-corrected chi connectivity index (χ1v) is 9.35. The highest BCUT2D eigenvalue weighted by Gasteiger charge is 2.14. The Kier molecular flexibility index (Phi) is 11.7. The molecule has 0 aliphatic carbocycles. The van der Waals surface area contributed by atoms with Crippen molar-refractivity contribution in [3.05, 3.63) is 22.4 Å². The molecule has 24 heavy (non-hydrogen) atoms. The third kappa shape index (κ3) is 8.13. The van der Waals surface area contributed by atoms with Crippen molar-refractivity contribution in [2.75, 3.05) is 40.0 Å². The Morgan fingerprint density at radius 3 is 3.04 bits per heavy atom. The standard InChI is InChI=1S/C17H29N3O2S.HI/c1-14(16-7-4-11-23-16)12-20-17(18-2)19-8-5-9-21-13-15-6-3-10-22-15;/h4,7,11,14-15H,3,5-6,8-10,12-13H2,1-2H3,(H2,18,19,20);1H. The Morgan fingerprint density at radius 2 is 2.38 bits per heavy atom. The monoisotopic (exact) mass is 467 g/mol. The molecule has 1 aromatic heterocycles. The molecule has 1 aliphatic rings. The zero-order chi connectivity index (χ0) is 16.3. The van der Waals surface area contributed by atoms with Gasteiger partial charge in [-0.05, 0) is 30.7 Å². The van der Waals surface area contributed by atoms with Crippen molar-refractivity contribution < 1.29 is 9.47 Å².